The van der Waals surface area contributed by atoms with E-state index < -0.39 is 6.10 Å². The third-order valence-electron chi connectivity index (χ3n) is 4.55. The van der Waals surface area contributed by atoms with Crippen molar-refractivity contribution in [3.05, 3.63) is 46.5 Å². The van der Waals surface area contributed by atoms with E-state index in [4.69, 9.17) is 9.41 Å². The quantitative estimate of drug-likeness (QED) is 0.292. The number of likely N-dealkylation sites (tertiary alicyclic amines) is 1. The van der Waals surface area contributed by atoms with Crippen LogP contribution in [0.2, 0.25) is 0 Å². The Bertz CT molecular complexity index is 657. The molecule has 2 aromatic rings. The minimum absolute atomic E-state index is 0. The van der Waals surface area contributed by atoms with Crippen LogP contribution < -0.4 is 10.6 Å². The molecule has 0 bridgehead atoms. The topological polar surface area (TPSA) is 73.0 Å². The van der Waals surface area contributed by atoms with Crippen LogP contribution in [0, 0.1) is 0 Å². The van der Waals surface area contributed by atoms with Gasteiger partial charge in [-0.15, -0.1) is 35.3 Å². The van der Waals surface area contributed by atoms with E-state index in [0.717, 1.165) is 25.6 Å². The fraction of sp³-hybridized carbons (Fsp3) is 0.526. The Morgan fingerprint density at radius 2 is 2.11 bits per heavy atom. The molecule has 1 aliphatic heterocycles. The van der Waals surface area contributed by atoms with Gasteiger partial charge in [-0.3, -0.25) is 9.89 Å². The molecule has 2 aromatic heterocycles. The zero-order chi connectivity index (χ0) is 18.2. The van der Waals surface area contributed by atoms with Crippen molar-refractivity contribution in [1.29, 1.82) is 0 Å². The number of furan rings is 1. The first-order chi connectivity index (χ1) is 12.8. The summed E-state index contributed by atoms with van der Waals surface area (Å²) < 4.78 is 5.25. The predicted molar refractivity (Wildman–Crippen MR) is 121 cm³/mol. The molecule has 1 aliphatic rings. The lowest BCUT2D eigenvalue weighted by Crippen LogP contribution is -2.40. The van der Waals surface area contributed by atoms with Gasteiger partial charge in [0.1, 0.15) is 11.9 Å². The summed E-state index contributed by atoms with van der Waals surface area (Å²) in [5.74, 6) is 1.28. The smallest absolute Gasteiger partial charge is 0.191 e. The van der Waals surface area contributed by atoms with Crippen LogP contribution in [0.5, 0.6) is 0 Å². The summed E-state index contributed by atoms with van der Waals surface area (Å²) in [6.07, 6.45) is 3.40. The van der Waals surface area contributed by atoms with E-state index in [0.29, 0.717) is 24.9 Å². The second-order valence-corrected chi connectivity index (χ2v) is 7.39. The molecule has 150 valence electrons. The molecule has 2 atom stereocenters. The monoisotopic (exact) mass is 504 g/mol. The molecule has 3 heterocycles. The van der Waals surface area contributed by atoms with Gasteiger partial charge in [0.2, 0.25) is 0 Å². The molecule has 2 unspecified atom stereocenters. The van der Waals surface area contributed by atoms with Crippen LogP contribution in [0.3, 0.4) is 0 Å². The van der Waals surface area contributed by atoms with Gasteiger partial charge in [-0.05, 0) is 56.4 Å². The van der Waals surface area contributed by atoms with Gasteiger partial charge in [0.15, 0.2) is 5.96 Å². The molecule has 0 spiro atoms. The highest BCUT2D eigenvalue weighted by Gasteiger charge is 2.24. The first kappa shape index (κ1) is 22.2. The van der Waals surface area contributed by atoms with E-state index in [1.165, 1.54) is 17.7 Å². The number of guanidine groups is 1. The molecule has 0 radical (unpaired) electrons. The lowest BCUT2D eigenvalue weighted by Gasteiger charge is -2.25. The van der Waals surface area contributed by atoms with Gasteiger partial charge in [-0.25, -0.2) is 0 Å². The lowest BCUT2D eigenvalue weighted by atomic mass is 10.2. The summed E-state index contributed by atoms with van der Waals surface area (Å²) in [5, 5.41) is 18.8. The zero-order valence-electron chi connectivity index (χ0n) is 15.6. The molecular formula is C19H29IN4O2S. The number of nitrogens with zero attached hydrogens (tertiary/aromatic N) is 2. The number of aliphatic imine (C=N–C) groups is 1. The van der Waals surface area contributed by atoms with Crippen molar-refractivity contribution in [2.75, 3.05) is 32.7 Å². The fourth-order valence-electron chi connectivity index (χ4n) is 3.21. The van der Waals surface area contributed by atoms with Crippen molar-refractivity contribution in [2.45, 2.75) is 31.9 Å². The van der Waals surface area contributed by atoms with E-state index in [1.54, 1.807) is 29.7 Å². The summed E-state index contributed by atoms with van der Waals surface area (Å²) in [6, 6.07) is 8.18. The van der Waals surface area contributed by atoms with E-state index in [2.05, 4.69) is 33.0 Å². The number of aliphatic hydroxyl groups excluding tert-OH is 1. The molecule has 0 saturated carbocycles. The molecule has 3 N–H and O–H groups in total. The van der Waals surface area contributed by atoms with Crippen molar-refractivity contribution in [3.63, 3.8) is 0 Å². The molecule has 0 amide bonds. The fourth-order valence-corrected chi connectivity index (χ4v) is 4.07. The molecule has 0 aliphatic carbocycles. The Kier molecular flexibility index (Phi) is 9.60. The van der Waals surface area contributed by atoms with Crippen molar-refractivity contribution >= 4 is 41.3 Å². The first-order valence-electron chi connectivity index (χ1n) is 9.29. The van der Waals surface area contributed by atoms with Crippen LogP contribution in [-0.4, -0.2) is 48.7 Å². The van der Waals surface area contributed by atoms with Crippen molar-refractivity contribution in [3.8, 4) is 0 Å². The molecule has 0 aromatic carbocycles. The molecule has 27 heavy (non-hydrogen) atoms. The van der Waals surface area contributed by atoms with E-state index >= 15 is 0 Å². The van der Waals surface area contributed by atoms with Crippen LogP contribution in [0.15, 0.2) is 45.3 Å². The van der Waals surface area contributed by atoms with Gasteiger partial charge in [0.25, 0.3) is 0 Å². The highest BCUT2D eigenvalue weighted by Crippen LogP contribution is 2.28. The van der Waals surface area contributed by atoms with E-state index in [9.17, 15) is 5.11 Å². The summed E-state index contributed by atoms with van der Waals surface area (Å²) in [6.45, 7) is 6.14. The number of halogens is 1. The SMILES string of the molecule is CCNC(=NCC(c1cccs1)N1CCCC1)NCC(O)c1ccco1.I. The standard InChI is InChI=1S/C19H28N4O2S.HI/c1-2-20-19(22-14-16(24)17-7-5-11-25-17)21-13-15(18-8-6-12-26-18)23-9-3-4-10-23;/h5-8,11-12,15-16,24H,2-4,9-10,13-14H2,1H3,(H2,20,21,22);1H. The van der Waals surface area contributed by atoms with Crippen molar-refractivity contribution in [1.82, 2.24) is 15.5 Å². The van der Waals surface area contributed by atoms with E-state index in [1.807, 2.05) is 6.92 Å². The number of nitrogens with one attached hydrogen (secondary N) is 2. The number of hydrogen-bond acceptors (Lipinski definition) is 5. The summed E-state index contributed by atoms with van der Waals surface area (Å²) in [4.78, 5) is 8.67. The predicted octanol–water partition coefficient (Wildman–Crippen LogP) is 3.38. The van der Waals surface area contributed by atoms with Gasteiger partial charge < -0.3 is 20.2 Å². The van der Waals surface area contributed by atoms with Crippen LogP contribution in [0.4, 0.5) is 0 Å². The molecule has 1 fully saturated rings. The number of hydrogen-bond donors (Lipinski definition) is 3. The van der Waals surface area contributed by atoms with Gasteiger partial charge in [0, 0.05) is 11.4 Å². The Hall–Kier alpha value is -1.10. The third-order valence-corrected chi connectivity index (χ3v) is 5.53. The number of thiophene rings is 1. The Morgan fingerprint density at radius 1 is 1.30 bits per heavy atom. The largest absolute Gasteiger partial charge is 0.467 e. The Morgan fingerprint density at radius 3 is 2.74 bits per heavy atom. The maximum atomic E-state index is 10.2. The molecular weight excluding hydrogens is 475 g/mol. The first-order valence-corrected chi connectivity index (χ1v) is 10.2. The average molecular weight is 504 g/mol. The summed E-state index contributed by atoms with van der Waals surface area (Å²) in [5.41, 5.74) is 0. The summed E-state index contributed by atoms with van der Waals surface area (Å²) >= 11 is 1.80. The maximum absolute atomic E-state index is 10.2. The minimum atomic E-state index is -0.694. The van der Waals surface area contributed by atoms with Crippen LogP contribution in [0.1, 0.15) is 42.5 Å². The Labute approximate surface area is 182 Å². The van der Waals surface area contributed by atoms with Gasteiger partial charge in [0.05, 0.1) is 25.4 Å². The molecule has 3 rings (SSSR count). The minimum Gasteiger partial charge on any atom is -0.467 e. The van der Waals surface area contributed by atoms with E-state index in [-0.39, 0.29) is 24.0 Å². The van der Waals surface area contributed by atoms with Crippen molar-refractivity contribution < 1.29 is 9.52 Å². The Balaban J connectivity index is 0.00000261. The van der Waals surface area contributed by atoms with Gasteiger partial charge >= 0.3 is 0 Å². The second kappa shape index (κ2) is 11.7. The van der Waals surface area contributed by atoms with Crippen LogP contribution in [-0.2, 0) is 0 Å². The zero-order valence-corrected chi connectivity index (χ0v) is 18.8. The maximum Gasteiger partial charge on any atom is 0.191 e. The number of rotatable bonds is 8. The molecule has 1 saturated heterocycles. The van der Waals surface area contributed by atoms with Crippen LogP contribution >= 0.6 is 35.3 Å². The molecule has 6 nitrogen and oxygen atoms in total. The highest BCUT2D eigenvalue weighted by atomic mass is 127. The van der Waals surface area contributed by atoms with Gasteiger partial charge in [-0.1, -0.05) is 6.07 Å². The third kappa shape index (κ3) is 6.48. The number of aliphatic hydroxyl groups is 1. The highest BCUT2D eigenvalue weighted by molar-refractivity contribution is 14.0. The normalized spacial score (nSPS) is 17.3. The average Bonchev–Trinajstić information content (AvgIpc) is 3.43. The van der Waals surface area contributed by atoms with Crippen LogP contribution in [0.25, 0.3) is 0 Å². The molecule has 8 heteroatoms. The lowest BCUT2D eigenvalue weighted by molar-refractivity contribution is 0.153. The van der Waals surface area contributed by atoms with Crippen molar-refractivity contribution in [2.24, 2.45) is 4.99 Å². The second-order valence-electron chi connectivity index (χ2n) is 6.41. The van der Waals surface area contributed by atoms with Gasteiger partial charge in [-0.2, -0.15) is 0 Å². The summed E-state index contributed by atoms with van der Waals surface area (Å²) in [7, 11) is 0.